The molecule has 0 spiro atoms. The average Bonchev–Trinajstić information content (AvgIpc) is 3.95. The van der Waals surface area contributed by atoms with Crippen molar-refractivity contribution in [3.8, 4) is 19.5 Å². The molecule has 3 heteroatoms. The van der Waals surface area contributed by atoms with Crippen LogP contribution in [0.3, 0.4) is 0 Å². The maximum Gasteiger partial charge on any atom is 0.0480 e. The standard InChI is InChI=1S/C51H86S3/c1-9-17-21-25-28-32-41(13-5)45-38-43(34-30-24-20-12-4)52-49(45)47-35-36-48(54-47)50-46(42(14-6)33-29-26-22-18-10-2)39-44(53-50)40-51(15-7,16-8)37-31-27-23-19-11-3/h35-36,38-39,41-42H,9-34,37,40H2,1-8H3. The monoisotopic (exact) mass is 795 g/mol. The second-order valence-electron chi connectivity index (χ2n) is 17.1. The molecule has 2 atom stereocenters. The van der Waals surface area contributed by atoms with Gasteiger partial charge in [0.1, 0.15) is 0 Å². The lowest BCUT2D eigenvalue weighted by molar-refractivity contribution is 0.229. The van der Waals surface area contributed by atoms with Gasteiger partial charge in [-0.05, 0) is 104 Å². The van der Waals surface area contributed by atoms with E-state index >= 15 is 0 Å². The number of hydrogen-bond acceptors (Lipinski definition) is 3. The quantitative estimate of drug-likeness (QED) is 0.0539. The van der Waals surface area contributed by atoms with E-state index in [0.717, 1.165) is 0 Å². The maximum atomic E-state index is 2.73. The highest BCUT2D eigenvalue weighted by molar-refractivity contribution is 7.26. The fourth-order valence-electron chi connectivity index (χ4n) is 8.99. The Morgan fingerprint density at radius 3 is 1.35 bits per heavy atom. The van der Waals surface area contributed by atoms with Crippen molar-refractivity contribution in [2.75, 3.05) is 0 Å². The van der Waals surface area contributed by atoms with Gasteiger partial charge in [0.2, 0.25) is 0 Å². The van der Waals surface area contributed by atoms with Crippen molar-refractivity contribution in [3.63, 3.8) is 0 Å². The molecule has 54 heavy (non-hydrogen) atoms. The number of thiophene rings is 3. The molecule has 0 N–H and O–H groups in total. The van der Waals surface area contributed by atoms with Gasteiger partial charge in [-0.25, -0.2) is 0 Å². The summed E-state index contributed by atoms with van der Waals surface area (Å²) in [5.41, 5.74) is 3.81. The van der Waals surface area contributed by atoms with Gasteiger partial charge in [-0.2, -0.15) is 0 Å². The second kappa shape index (κ2) is 27.7. The minimum Gasteiger partial charge on any atom is -0.139 e. The van der Waals surface area contributed by atoms with Crippen LogP contribution in [0.25, 0.3) is 19.5 Å². The number of hydrogen-bond donors (Lipinski definition) is 0. The van der Waals surface area contributed by atoms with Crippen LogP contribution in [-0.4, -0.2) is 0 Å². The molecule has 308 valence electrons. The van der Waals surface area contributed by atoms with Crippen molar-refractivity contribution >= 4 is 34.0 Å². The minimum absolute atomic E-state index is 0.444. The van der Waals surface area contributed by atoms with E-state index in [4.69, 9.17) is 0 Å². The Morgan fingerprint density at radius 1 is 0.463 bits per heavy atom. The zero-order chi connectivity index (χ0) is 39.0. The predicted octanol–water partition coefficient (Wildman–Crippen LogP) is 19.7. The molecular formula is C51H86S3. The summed E-state index contributed by atoms with van der Waals surface area (Å²) in [6.45, 7) is 19.2. The van der Waals surface area contributed by atoms with E-state index in [1.54, 1.807) is 30.6 Å². The molecule has 0 aliphatic carbocycles. The van der Waals surface area contributed by atoms with E-state index in [1.807, 2.05) is 0 Å². The van der Waals surface area contributed by atoms with Crippen molar-refractivity contribution < 1.29 is 0 Å². The molecule has 0 aromatic carbocycles. The first-order valence-corrected chi connectivity index (χ1v) is 26.2. The second-order valence-corrected chi connectivity index (χ2v) is 20.5. The molecule has 0 amide bonds. The molecule has 0 radical (unpaired) electrons. The molecule has 0 fully saturated rings. The molecular weight excluding hydrogens is 709 g/mol. The van der Waals surface area contributed by atoms with Crippen LogP contribution in [0.5, 0.6) is 0 Å². The summed E-state index contributed by atoms with van der Waals surface area (Å²) < 4.78 is 0. The van der Waals surface area contributed by atoms with Gasteiger partial charge in [-0.3, -0.25) is 0 Å². The number of unbranched alkanes of at least 4 members (excludes halogenated alkanes) is 15. The molecule has 0 aliphatic rings. The smallest absolute Gasteiger partial charge is 0.0480 e. The van der Waals surface area contributed by atoms with Gasteiger partial charge >= 0.3 is 0 Å². The lowest BCUT2D eigenvalue weighted by Gasteiger charge is -2.31. The summed E-state index contributed by atoms with van der Waals surface area (Å²) in [7, 11) is 0. The first kappa shape index (κ1) is 47.5. The lowest BCUT2D eigenvalue weighted by Crippen LogP contribution is -2.21. The van der Waals surface area contributed by atoms with E-state index in [0.29, 0.717) is 17.3 Å². The fraction of sp³-hybridized carbons (Fsp3) is 0.765. The topological polar surface area (TPSA) is 0 Å². The van der Waals surface area contributed by atoms with Crippen molar-refractivity contribution in [3.05, 3.63) is 45.1 Å². The summed E-state index contributed by atoms with van der Waals surface area (Å²) >= 11 is 6.46. The molecule has 0 bridgehead atoms. The van der Waals surface area contributed by atoms with Crippen molar-refractivity contribution in [2.45, 2.75) is 247 Å². The van der Waals surface area contributed by atoms with Crippen molar-refractivity contribution in [1.82, 2.24) is 0 Å². The third kappa shape index (κ3) is 15.5. The van der Waals surface area contributed by atoms with E-state index in [9.17, 15) is 0 Å². The van der Waals surface area contributed by atoms with Gasteiger partial charge in [0.25, 0.3) is 0 Å². The molecule has 2 unspecified atom stereocenters. The number of aryl methyl sites for hydroxylation is 1. The third-order valence-electron chi connectivity index (χ3n) is 13.0. The first-order valence-electron chi connectivity index (χ1n) is 23.8. The van der Waals surface area contributed by atoms with E-state index < -0.39 is 0 Å². The Labute approximate surface area is 349 Å². The molecule has 3 aromatic rings. The third-order valence-corrected chi connectivity index (χ3v) is 16.8. The van der Waals surface area contributed by atoms with Crippen molar-refractivity contribution in [1.29, 1.82) is 0 Å². The normalized spacial score (nSPS) is 13.3. The molecule has 0 saturated heterocycles. The molecule has 0 nitrogen and oxygen atoms in total. The van der Waals surface area contributed by atoms with Gasteiger partial charge in [0, 0.05) is 29.3 Å². The number of rotatable bonds is 33. The highest BCUT2D eigenvalue weighted by atomic mass is 32.1. The summed E-state index contributed by atoms with van der Waals surface area (Å²) in [6.07, 6.45) is 37.9. The largest absolute Gasteiger partial charge is 0.139 e. The lowest BCUT2D eigenvalue weighted by atomic mass is 9.74. The molecule has 3 heterocycles. The van der Waals surface area contributed by atoms with Crippen molar-refractivity contribution in [2.24, 2.45) is 5.41 Å². The highest BCUT2D eigenvalue weighted by Crippen LogP contribution is 2.49. The molecule has 0 saturated carbocycles. The molecule has 0 aliphatic heterocycles. The Bertz CT molecular complexity index is 1350. The minimum atomic E-state index is 0.444. The van der Waals surface area contributed by atoms with Gasteiger partial charge in [0.15, 0.2) is 0 Å². The Morgan fingerprint density at radius 2 is 0.889 bits per heavy atom. The Balaban J connectivity index is 1.99. The highest BCUT2D eigenvalue weighted by Gasteiger charge is 2.29. The zero-order valence-electron chi connectivity index (χ0n) is 37.0. The summed E-state index contributed by atoms with van der Waals surface area (Å²) in [5.74, 6) is 1.36. The van der Waals surface area contributed by atoms with Gasteiger partial charge in [-0.15, -0.1) is 34.0 Å². The van der Waals surface area contributed by atoms with Crippen LogP contribution >= 0.6 is 34.0 Å². The summed E-state index contributed by atoms with van der Waals surface area (Å²) in [6, 6.07) is 10.5. The van der Waals surface area contributed by atoms with Gasteiger partial charge < -0.3 is 0 Å². The maximum absolute atomic E-state index is 2.73. The summed E-state index contributed by atoms with van der Waals surface area (Å²) in [4.78, 5) is 9.59. The fourth-order valence-corrected chi connectivity index (χ4v) is 13.0. The van der Waals surface area contributed by atoms with Crippen LogP contribution < -0.4 is 0 Å². The van der Waals surface area contributed by atoms with Gasteiger partial charge in [-0.1, -0.05) is 184 Å². The van der Waals surface area contributed by atoms with Crippen LogP contribution in [0.2, 0.25) is 0 Å². The van der Waals surface area contributed by atoms with Gasteiger partial charge in [0.05, 0.1) is 0 Å². The zero-order valence-corrected chi connectivity index (χ0v) is 39.4. The average molecular weight is 795 g/mol. The predicted molar refractivity (Wildman–Crippen MR) is 252 cm³/mol. The van der Waals surface area contributed by atoms with Crippen LogP contribution in [0.15, 0.2) is 24.3 Å². The van der Waals surface area contributed by atoms with E-state index in [1.165, 1.54) is 190 Å². The van der Waals surface area contributed by atoms with Crippen LogP contribution in [0, 0.1) is 5.41 Å². The SMILES string of the molecule is CCCCCCCC(CC)c1cc(CCCCCC)sc1-c1ccc(-c2sc(CC(CC)(CC)CCCCCCC)cc2C(CC)CCCCCCC)s1. The summed E-state index contributed by atoms with van der Waals surface area (Å²) in [5, 5.41) is 0. The molecule has 3 aromatic heterocycles. The van der Waals surface area contributed by atoms with Crippen LogP contribution in [0.4, 0.5) is 0 Å². The molecule has 3 rings (SSSR count). The van der Waals surface area contributed by atoms with E-state index in [2.05, 4.69) is 114 Å². The first-order chi connectivity index (χ1) is 26.4. The Kier molecular flexibility index (Phi) is 24.3. The van der Waals surface area contributed by atoms with E-state index in [-0.39, 0.29) is 0 Å². The Hall–Kier alpha value is -0.900. The van der Waals surface area contributed by atoms with Crippen LogP contribution in [-0.2, 0) is 12.8 Å². The van der Waals surface area contributed by atoms with Crippen LogP contribution in [0.1, 0.15) is 255 Å².